The third-order valence-electron chi connectivity index (χ3n) is 2.37. The second-order valence-electron chi connectivity index (χ2n) is 3.59. The number of hydrogen-bond donors (Lipinski definition) is 1. The van der Waals surface area contributed by atoms with Crippen molar-refractivity contribution in [3.05, 3.63) is 29.3 Å². The maximum Gasteiger partial charge on any atom is 1.00 e. The summed E-state index contributed by atoms with van der Waals surface area (Å²) in [5.74, 6) is 0.192. The van der Waals surface area contributed by atoms with Crippen LogP contribution in [-0.4, -0.2) is 11.8 Å². The van der Waals surface area contributed by atoms with Gasteiger partial charge in [-0.05, 0) is 23.6 Å². The number of halogens is 1. The molecule has 0 fully saturated rings. The monoisotopic (exact) mass is 279 g/mol. The molecule has 0 bridgehead atoms. The summed E-state index contributed by atoms with van der Waals surface area (Å²) >= 11 is 5.49. The van der Waals surface area contributed by atoms with Gasteiger partial charge in [0.2, 0.25) is 5.91 Å². The predicted octanol–water partition coefficient (Wildman–Crippen LogP) is -1.39. The van der Waals surface area contributed by atoms with E-state index in [4.69, 9.17) is 11.6 Å². The van der Waals surface area contributed by atoms with Gasteiger partial charge in [0, 0.05) is 18.0 Å². The minimum Gasteiger partial charge on any atom is -0.723 e. The Morgan fingerprint density at radius 2 is 2.22 bits per heavy atom. The quantitative estimate of drug-likeness (QED) is 0.302. The molecule has 1 aromatic carbocycles. The van der Waals surface area contributed by atoms with Gasteiger partial charge in [0.05, 0.1) is 6.61 Å². The molecule has 0 saturated heterocycles. The molecule has 0 aromatic heterocycles. The fourth-order valence-corrected chi connectivity index (χ4v) is 1.69. The summed E-state index contributed by atoms with van der Waals surface area (Å²) in [6.07, 6.45) is 1.05. The van der Waals surface area contributed by atoms with Crippen molar-refractivity contribution < 1.29 is 44.5 Å². The fraction of sp³-hybridized carbons (Fsp3) is 0.417. The Kier molecular flexibility index (Phi) is 9.73. The van der Waals surface area contributed by atoms with E-state index in [9.17, 15) is 10.1 Å². The number of carbonyl (C=O) groups is 1. The molecule has 0 saturated carbocycles. The van der Waals surface area contributed by atoms with Crippen LogP contribution >= 0.6 is 11.6 Å². The molecule has 18 heavy (non-hydrogen) atoms. The zero-order chi connectivity index (χ0) is 12.7. The van der Waals surface area contributed by atoms with E-state index >= 15 is 0 Å². The average molecular weight is 280 g/mol. The molecular weight excluding hydrogens is 265 g/mol. The van der Waals surface area contributed by atoms with Crippen molar-refractivity contribution in [3.8, 4) is 0 Å². The van der Waals surface area contributed by atoms with Crippen molar-refractivity contribution in [2.45, 2.75) is 26.4 Å². The molecule has 4 nitrogen and oxygen atoms in total. The van der Waals surface area contributed by atoms with Crippen LogP contribution in [-0.2, 0) is 22.7 Å². The molecule has 1 rings (SSSR count). The Morgan fingerprint density at radius 3 is 2.78 bits per heavy atom. The number of benzene rings is 1. The standard InChI is InChI=1S/C12H16ClNO3.Na/c1-2-10-7-9(8-17-16)3-4-11(10)14-12(15)5-6-13;/h3-4,7,16H,2,5-6,8H2,1H3,(H,14,15);/q;+1/p-1. The van der Waals surface area contributed by atoms with Crippen LogP contribution in [0.2, 0.25) is 0 Å². The smallest absolute Gasteiger partial charge is 0.723 e. The molecule has 0 spiro atoms. The van der Waals surface area contributed by atoms with Crippen LogP contribution in [0.1, 0.15) is 24.5 Å². The molecule has 0 unspecified atom stereocenters. The van der Waals surface area contributed by atoms with Gasteiger partial charge >= 0.3 is 29.6 Å². The van der Waals surface area contributed by atoms with Gasteiger partial charge in [-0.25, -0.2) is 0 Å². The SMILES string of the molecule is CCc1cc(CO[O-])ccc1NC(=O)CCCl.[Na+]. The zero-order valence-corrected chi connectivity index (χ0v) is 13.4. The van der Waals surface area contributed by atoms with Crippen molar-refractivity contribution in [1.29, 1.82) is 0 Å². The summed E-state index contributed by atoms with van der Waals surface area (Å²) in [7, 11) is 0. The first-order chi connectivity index (χ1) is 8.21. The first kappa shape index (κ1) is 17.9. The summed E-state index contributed by atoms with van der Waals surface area (Å²) in [6.45, 7) is 2.01. The van der Waals surface area contributed by atoms with Gasteiger partial charge in [-0.15, -0.1) is 11.6 Å². The number of rotatable bonds is 6. The number of amides is 1. The molecule has 1 N–H and O–H groups in total. The van der Waals surface area contributed by atoms with Crippen LogP contribution in [0.15, 0.2) is 18.2 Å². The normalized spacial score (nSPS) is 9.72. The number of aryl methyl sites for hydroxylation is 1. The summed E-state index contributed by atoms with van der Waals surface area (Å²) in [5.41, 5.74) is 2.53. The van der Waals surface area contributed by atoms with Crippen molar-refractivity contribution in [1.82, 2.24) is 0 Å². The predicted molar refractivity (Wildman–Crippen MR) is 64.6 cm³/mol. The molecule has 0 aliphatic carbocycles. The van der Waals surface area contributed by atoms with E-state index in [0.717, 1.165) is 23.2 Å². The van der Waals surface area contributed by atoms with E-state index < -0.39 is 0 Å². The van der Waals surface area contributed by atoms with Crippen molar-refractivity contribution in [3.63, 3.8) is 0 Å². The Balaban J connectivity index is 0.00000289. The number of hydrogen-bond acceptors (Lipinski definition) is 3. The summed E-state index contributed by atoms with van der Waals surface area (Å²) < 4.78 is 0. The molecule has 0 aliphatic rings. The van der Waals surface area contributed by atoms with Crippen molar-refractivity contribution >= 4 is 23.2 Å². The second kappa shape index (κ2) is 9.78. The molecule has 0 radical (unpaired) electrons. The van der Waals surface area contributed by atoms with Gasteiger partial charge < -0.3 is 15.5 Å². The van der Waals surface area contributed by atoms with Crippen molar-refractivity contribution in [2.75, 3.05) is 11.2 Å². The van der Waals surface area contributed by atoms with Gasteiger partial charge in [-0.3, -0.25) is 4.79 Å². The Hall–Kier alpha value is -0.1000. The Bertz CT molecular complexity index is 388. The summed E-state index contributed by atoms with van der Waals surface area (Å²) in [5, 5.41) is 12.9. The maximum absolute atomic E-state index is 11.4. The number of carbonyl (C=O) groups excluding carboxylic acids is 1. The van der Waals surface area contributed by atoms with Gasteiger partial charge in [0.15, 0.2) is 0 Å². The van der Waals surface area contributed by atoms with Gasteiger partial charge in [-0.1, -0.05) is 19.1 Å². The molecule has 94 valence electrons. The Morgan fingerprint density at radius 1 is 1.50 bits per heavy atom. The third kappa shape index (κ3) is 5.69. The van der Waals surface area contributed by atoms with Crippen LogP contribution in [0.3, 0.4) is 0 Å². The van der Waals surface area contributed by atoms with E-state index in [1.165, 1.54) is 0 Å². The number of anilines is 1. The molecule has 0 aliphatic heterocycles. The first-order valence-electron chi connectivity index (χ1n) is 5.43. The topological polar surface area (TPSA) is 61.4 Å². The fourth-order valence-electron chi connectivity index (χ4n) is 1.52. The van der Waals surface area contributed by atoms with Crippen LogP contribution in [0.5, 0.6) is 0 Å². The third-order valence-corrected chi connectivity index (χ3v) is 2.56. The first-order valence-corrected chi connectivity index (χ1v) is 5.97. The van der Waals surface area contributed by atoms with E-state index in [2.05, 4.69) is 10.2 Å². The van der Waals surface area contributed by atoms with Crippen molar-refractivity contribution in [2.24, 2.45) is 0 Å². The number of alkyl halides is 1. The van der Waals surface area contributed by atoms with E-state index in [1.54, 1.807) is 12.1 Å². The number of nitrogens with one attached hydrogen (secondary N) is 1. The maximum atomic E-state index is 11.4. The van der Waals surface area contributed by atoms with Crippen LogP contribution in [0.4, 0.5) is 5.69 Å². The van der Waals surface area contributed by atoms with Crippen LogP contribution in [0.25, 0.3) is 0 Å². The van der Waals surface area contributed by atoms with E-state index in [1.807, 2.05) is 13.0 Å². The largest absolute Gasteiger partial charge is 1.00 e. The van der Waals surface area contributed by atoms with E-state index in [0.29, 0.717) is 5.88 Å². The zero-order valence-electron chi connectivity index (χ0n) is 10.7. The van der Waals surface area contributed by atoms with Gasteiger partial charge in [0.25, 0.3) is 0 Å². The van der Waals surface area contributed by atoms with Gasteiger partial charge in [0.1, 0.15) is 0 Å². The Labute approximate surface area is 134 Å². The molecule has 0 heterocycles. The summed E-state index contributed by atoms with van der Waals surface area (Å²) in [6, 6.07) is 5.39. The van der Waals surface area contributed by atoms with Gasteiger partial charge in [-0.2, -0.15) is 0 Å². The molecule has 1 aromatic rings. The summed E-state index contributed by atoms with van der Waals surface area (Å²) in [4.78, 5) is 15.3. The molecule has 6 heteroatoms. The van der Waals surface area contributed by atoms with Crippen LogP contribution in [0, 0.1) is 0 Å². The minimum atomic E-state index is -0.109. The van der Waals surface area contributed by atoms with E-state index in [-0.39, 0.29) is 48.5 Å². The second-order valence-corrected chi connectivity index (χ2v) is 3.97. The van der Waals surface area contributed by atoms with Crippen LogP contribution < -0.4 is 40.1 Å². The molecular formula is C12H15ClNNaO3. The molecule has 1 amide bonds. The minimum absolute atomic E-state index is 0. The molecule has 0 atom stereocenters. The average Bonchev–Trinajstić information content (AvgIpc) is 2.31.